The highest BCUT2D eigenvalue weighted by atomic mass is 16.1. The number of amides is 1. The summed E-state index contributed by atoms with van der Waals surface area (Å²) in [4.78, 5) is 14.4. The van der Waals surface area contributed by atoms with Crippen molar-refractivity contribution in [2.45, 2.75) is 19.8 Å². The molecule has 12 heavy (non-hydrogen) atoms. The minimum absolute atomic E-state index is 0.854. The van der Waals surface area contributed by atoms with Gasteiger partial charge in [-0.25, -0.2) is 0 Å². The van der Waals surface area contributed by atoms with Crippen LogP contribution >= 0.6 is 0 Å². The van der Waals surface area contributed by atoms with Crippen LogP contribution in [0.1, 0.15) is 19.8 Å². The van der Waals surface area contributed by atoms with Gasteiger partial charge >= 0.3 is 6.41 Å². The lowest BCUT2D eigenvalue weighted by Crippen LogP contribution is -2.45. The number of piperazine rings is 1. The Morgan fingerprint density at radius 3 is 2.42 bits per heavy atom. The summed E-state index contributed by atoms with van der Waals surface area (Å²) in [6.45, 7) is 7.14. The van der Waals surface area contributed by atoms with E-state index in [-0.39, 0.29) is 0 Å². The van der Waals surface area contributed by atoms with E-state index in [1.165, 1.54) is 19.4 Å². The van der Waals surface area contributed by atoms with Gasteiger partial charge in [0.1, 0.15) is 0 Å². The molecule has 1 aliphatic heterocycles. The molecule has 1 saturated heterocycles. The maximum absolute atomic E-state index is 10.3. The van der Waals surface area contributed by atoms with Gasteiger partial charge in [-0.2, -0.15) is 0 Å². The largest absolute Gasteiger partial charge is 0.332 e. The van der Waals surface area contributed by atoms with Gasteiger partial charge in [0.15, 0.2) is 0 Å². The second kappa shape index (κ2) is 5.14. The van der Waals surface area contributed by atoms with Gasteiger partial charge in [0.2, 0.25) is 0 Å². The highest BCUT2D eigenvalue weighted by Crippen LogP contribution is 2.01. The summed E-state index contributed by atoms with van der Waals surface area (Å²) in [7, 11) is 0. The molecular formula is C9H17N2O. The number of rotatable bonds is 4. The van der Waals surface area contributed by atoms with Crippen molar-refractivity contribution in [2.75, 3.05) is 32.7 Å². The molecule has 0 aromatic heterocycles. The second-order valence-electron chi connectivity index (χ2n) is 3.27. The molecule has 1 amide bonds. The minimum Gasteiger partial charge on any atom is -0.332 e. The van der Waals surface area contributed by atoms with Crippen molar-refractivity contribution < 1.29 is 4.79 Å². The summed E-state index contributed by atoms with van der Waals surface area (Å²) in [5, 5.41) is 0. The van der Waals surface area contributed by atoms with Crippen molar-refractivity contribution >= 4 is 6.41 Å². The number of hydrogen-bond donors (Lipinski definition) is 0. The monoisotopic (exact) mass is 169 g/mol. The Labute approximate surface area is 74.3 Å². The first-order valence-corrected chi connectivity index (χ1v) is 4.72. The summed E-state index contributed by atoms with van der Waals surface area (Å²) in [6.07, 6.45) is 4.46. The summed E-state index contributed by atoms with van der Waals surface area (Å²) in [5.41, 5.74) is 0. The second-order valence-corrected chi connectivity index (χ2v) is 3.27. The Bertz CT molecular complexity index is 130. The van der Waals surface area contributed by atoms with E-state index in [1.54, 1.807) is 4.90 Å². The number of carbonyl (C=O) groups excluding carboxylic acids is 1. The fourth-order valence-corrected chi connectivity index (χ4v) is 1.44. The van der Waals surface area contributed by atoms with E-state index in [2.05, 4.69) is 11.8 Å². The topological polar surface area (TPSA) is 23.6 Å². The zero-order chi connectivity index (χ0) is 8.81. The van der Waals surface area contributed by atoms with Gasteiger partial charge in [-0.05, 0) is 13.0 Å². The molecule has 3 nitrogen and oxygen atoms in total. The standard InChI is InChI=1S/C9H17N2O/c1-2-3-4-10-5-7-11(9-12)8-6-10/h2-8H2,1H3. The summed E-state index contributed by atoms with van der Waals surface area (Å²) in [5.74, 6) is 0. The van der Waals surface area contributed by atoms with Crippen molar-refractivity contribution in [3.8, 4) is 0 Å². The first-order valence-electron chi connectivity index (χ1n) is 4.72. The average Bonchev–Trinajstić information content (AvgIpc) is 2.15. The SMILES string of the molecule is CCCCN1CCN([C]=O)CC1. The predicted octanol–water partition coefficient (Wildman–Crippen LogP) is 0.471. The maximum atomic E-state index is 10.3. The molecule has 0 saturated carbocycles. The Kier molecular flexibility index (Phi) is 4.08. The highest BCUT2D eigenvalue weighted by molar-refractivity contribution is 5.48. The van der Waals surface area contributed by atoms with Crippen LogP contribution in [0, 0.1) is 0 Å². The number of unbranched alkanes of at least 4 members (excludes halogenated alkanes) is 1. The van der Waals surface area contributed by atoms with Crippen LogP contribution in [0.4, 0.5) is 0 Å². The summed E-state index contributed by atoms with van der Waals surface area (Å²) in [6, 6.07) is 0. The van der Waals surface area contributed by atoms with Crippen molar-refractivity contribution in [1.29, 1.82) is 0 Å². The number of nitrogens with zero attached hydrogens (tertiary/aromatic N) is 2. The lowest BCUT2D eigenvalue weighted by Gasteiger charge is -2.31. The first-order chi connectivity index (χ1) is 5.86. The van der Waals surface area contributed by atoms with Crippen molar-refractivity contribution in [3.05, 3.63) is 0 Å². The van der Waals surface area contributed by atoms with Gasteiger partial charge in [0.25, 0.3) is 0 Å². The van der Waals surface area contributed by atoms with Crippen LogP contribution in [-0.2, 0) is 4.79 Å². The van der Waals surface area contributed by atoms with Crippen molar-refractivity contribution in [1.82, 2.24) is 9.80 Å². The predicted molar refractivity (Wildman–Crippen MR) is 48.6 cm³/mol. The van der Waals surface area contributed by atoms with E-state index in [0.29, 0.717) is 0 Å². The molecule has 0 N–H and O–H groups in total. The Morgan fingerprint density at radius 1 is 1.25 bits per heavy atom. The maximum Gasteiger partial charge on any atom is 0.312 e. The van der Waals surface area contributed by atoms with E-state index in [1.807, 2.05) is 6.41 Å². The molecule has 1 fully saturated rings. The summed E-state index contributed by atoms with van der Waals surface area (Å²) >= 11 is 0. The first kappa shape index (κ1) is 9.52. The molecule has 0 aromatic rings. The van der Waals surface area contributed by atoms with Crippen molar-refractivity contribution in [3.63, 3.8) is 0 Å². The molecule has 0 atom stereocenters. The third-order valence-corrected chi connectivity index (χ3v) is 2.33. The van der Waals surface area contributed by atoms with Gasteiger partial charge in [0.05, 0.1) is 0 Å². The smallest absolute Gasteiger partial charge is 0.312 e. The number of hydrogen-bond acceptors (Lipinski definition) is 2. The zero-order valence-corrected chi connectivity index (χ0v) is 7.75. The molecule has 1 rings (SSSR count). The molecule has 0 bridgehead atoms. The Balaban J connectivity index is 2.12. The summed E-state index contributed by atoms with van der Waals surface area (Å²) < 4.78 is 0. The van der Waals surface area contributed by atoms with Crippen LogP contribution in [0.2, 0.25) is 0 Å². The zero-order valence-electron chi connectivity index (χ0n) is 7.75. The van der Waals surface area contributed by atoms with Gasteiger partial charge in [-0.3, -0.25) is 9.69 Å². The Morgan fingerprint density at radius 2 is 1.92 bits per heavy atom. The van der Waals surface area contributed by atoms with Crippen LogP contribution in [0.15, 0.2) is 0 Å². The van der Waals surface area contributed by atoms with Crippen LogP contribution in [0.3, 0.4) is 0 Å². The van der Waals surface area contributed by atoms with Crippen molar-refractivity contribution in [2.24, 2.45) is 0 Å². The molecule has 0 spiro atoms. The minimum atomic E-state index is 0.854. The van der Waals surface area contributed by atoms with Crippen LogP contribution < -0.4 is 0 Å². The normalized spacial score (nSPS) is 19.6. The van der Waals surface area contributed by atoms with Crippen LogP contribution in [0.25, 0.3) is 0 Å². The Hall–Kier alpha value is -0.570. The average molecular weight is 169 g/mol. The molecule has 0 unspecified atom stereocenters. The molecule has 3 heteroatoms. The molecule has 1 heterocycles. The lowest BCUT2D eigenvalue weighted by atomic mass is 10.3. The third-order valence-electron chi connectivity index (χ3n) is 2.33. The van der Waals surface area contributed by atoms with E-state index < -0.39 is 0 Å². The molecule has 0 aromatic carbocycles. The molecule has 69 valence electrons. The van der Waals surface area contributed by atoms with Crippen LogP contribution in [0.5, 0.6) is 0 Å². The third kappa shape index (κ3) is 2.81. The van der Waals surface area contributed by atoms with E-state index in [4.69, 9.17) is 0 Å². The molecule has 1 radical (unpaired) electrons. The molecule has 1 aliphatic rings. The van der Waals surface area contributed by atoms with E-state index in [0.717, 1.165) is 26.2 Å². The van der Waals surface area contributed by atoms with Gasteiger partial charge < -0.3 is 4.90 Å². The van der Waals surface area contributed by atoms with E-state index >= 15 is 0 Å². The van der Waals surface area contributed by atoms with E-state index in [9.17, 15) is 4.79 Å². The fraction of sp³-hybridized carbons (Fsp3) is 0.889. The highest BCUT2D eigenvalue weighted by Gasteiger charge is 2.14. The fourth-order valence-electron chi connectivity index (χ4n) is 1.44. The molecule has 0 aliphatic carbocycles. The van der Waals surface area contributed by atoms with Gasteiger partial charge in [-0.15, -0.1) is 0 Å². The lowest BCUT2D eigenvalue weighted by molar-refractivity contribution is 0.176. The van der Waals surface area contributed by atoms with Crippen LogP contribution in [-0.4, -0.2) is 48.9 Å². The van der Waals surface area contributed by atoms with Gasteiger partial charge in [0, 0.05) is 26.2 Å². The molecular weight excluding hydrogens is 152 g/mol. The quantitative estimate of drug-likeness (QED) is 0.611. The van der Waals surface area contributed by atoms with Gasteiger partial charge in [-0.1, -0.05) is 13.3 Å².